The molecule has 0 aliphatic heterocycles. The molecule has 2 aliphatic rings. The van der Waals surface area contributed by atoms with E-state index in [9.17, 15) is 9.90 Å². The van der Waals surface area contributed by atoms with E-state index in [1.54, 1.807) is 6.07 Å². The van der Waals surface area contributed by atoms with Crippen LogP contribution >= 0.6 is 0 Å². The molecule has 2 saturated carbocycles. The minimum absolute atomic E-state index is 0.414. The molecule has 0 spiro atoms. The number of aromatic carboxylic acids is 1. The third-order valence-electron chi connectivity index (χ3n) is 6.89. The molecule has 1 N–H and O–H groups in total. The highest BCUT2D eigenvalue weighted by atomic mass is 16.4. The molecule has 2 aromatic rings. The lowest BCUT2D eigenvalue weighted by molar-refractivity contribution is 0.0696. The smallest absolute Gasteiger partial charge is 0.335 e. The summed E-state index contributed by atoms with van der Waals surface area (Å²) in [6, 6.07) is 10.4. The largest absolute Gasteiger partial charge is 0.478 e. The third-order valence-corrected chi connectivity index (χ3v) is 6.89. The maximum absolute atomic E-state index is 11.3. The Hall–Kier alpha value is -1.83. The van der Waals surface area contributed by atoms with Crippen LogP contribution in [0.5, 0.6) is 0 Å². The van der Waals surface area contributed by atoms with Gasteiger partial charge in [0.2, 0.25) is 0 Å². The van der Waals surface area contributed by atoms with Gasteiger partial charge in [0.05, 0.1) is 5.56 Å². The third kappa shape index (κ3) is 3.07. The molecule has 0 saturated heterocycles. The number of benzene rings is 2. The first-order chi connectivity index (χ1) is 12.0. The second kappa shape index (κ2) is 6.48. The van der Waals surface area contributed by atoms with Crippen LogP contribution in [0.15, 0.2) is 30.3 Å². The summed E-state index contributed by atoms with van der Waals surface area (Å²) in [7, 11) is 0. The molecule has 2 fully saturated rings. The number of rotatable bonds is 2. The van der Waals surface area contributed by atoms with Gasteiger partial charge in [0.25, 0.3) is 0 Å². The van der Waals surface area contributed by atoms with Crippen LogP contribution in [0.1, 0.15) is 72.9 Å². The standard InChI is InChI=1S/C23H28O2/c1-14-3-4-17-12-18(6-5-16(17)11-14)19-7-9-21-15(2)22(23(24)25)10-8-20(21)13-19/h7-10,13-14,16-18H,3-6,11-12H2,1-2H3,(H,24,25). The second-order valence-corrected chi connectivity index (χ2v) is 8.47. The SMILES string of the molecule is Cc1c(C(=O)O)ccc2cc(C3CCC4CC(C)CCC4C3)ccc12. The van der Waals surface area contributed by atoms with Crippen molar-refractivity contribution in [2.75, 3.05) is 0 Å². The van der Waals surface area contributed by atoms with Gasteiger partial charge in [-0.1, -0.05) is 37.6 Å². The number of fused-ring (bicyclic) bond motifs is 2. The first kappa shape index (κ1) is 16.6. The lowest BCUT2D eigenvalue weighted by atomic mass is 9.64. The van der Waals surface area contributed by atoms with Gasteiger partial charge < -0.3 is 5.11 Å². The molecular weight excluding hydrogens is 308 g/mol. The van der Waals surface area contributed by atoms with Gasteiger partial charge in [0.1, 0.15) is 0 Å². The number of aryl methyl sites for hydroxylation is 1. The van der Waals surface area contributed by atoms with Crippen molar-refractivity contribution in [3.8, 4) is 0 Å². The summed E-state index contributed by atoms with van der Waals surface area (Å²) in [6.45, 7) is 4.33. The first-order valence-electron chi connectivity index (χ1n) is 9.79. The van der Waals surface area contributed by atoms with Crippen LogP contribution < -0.4 is 0 Å². The molecule has 2 aromatic carbocycles. The second-order valence-electron chi connectivity index (χ2n) is 8.47. The molecule has 0 radical (unpaired) electrons. The van der Waals surface area contributed by atoms with Gasteiger partial charge >= 0.3 is 5.97 Å². The van der Waals surface area contributed by atoms with E-state index in [4.69, 9.17) is 0 Å². The van der Waals surface area contributed by atoms with Crippen molar-refractivity contribution in [2.45, 2.75) is 58.3 Å². The van der Waals surface area contributed by atoms with E-state index in [1.165, 1.54) is 49.5 Å². The van der Waals surface area contributed by atoms with Crippen molar-refractivity contribution in [3.05, 3.63) is 47.0 Å². The molecule has 0 aromatic heterocycles. The van der Waals surface area contributed by atoms with Gasteiger partial charge in [0.15, 0.2) is 0 Å². The van der Waals surface area contributed by atoms with E-state index in [2.05, 4.69) is 25.1 Å². The first-order valence-corrected chi connectivity index (χ1v) is 9.79. The van der Waals surface area contributed by atoms with Crippen LogP contribution in [-0.4, -0.2) is 11.1 Å². The summed E-state index contributed by atoms with van der Waals surface area (Å²) in [5, 5.41) is 11.6. The van der Waals surface area contributed by atoms with Crippen LogP contribution in [0, 0.1) is 24.7 Å². The number of carboxylic acid groups (broad SMARTS) is 1. The van der Waals surface area contributed by atoms with E-state index in [0.717, 1.165) is 28.7 Å². The van der Waals surface area contributed by atoms with E-state index in [0.29, 0.717) is 11.5 Å². The minimum atomic E-state index is -0.840. The molecule has 132 valence electrons. The van der Waals surface area contributed by atoms with Crippen molar-refractivity contribution in [2.24, 2.45) is 17.8 Å². The summed E-state index contributed by atoms with van der Waals surface area (Å²) in [6.07, 6.45) is 8.29. The number of carbonyl (C=O) groups is 1. The Morgan fingerprint density at radius 3 is 2.56 bits per heavy atom. The Morgan fingerprint density at radius 1 is 1.00 bits per heavy atom. The molecule has 4 atom stereocenters. The number of carboxylic acids is 1. The summed E-state index contributed by atoms with van der Waals surface area (Å²) in [5.74, 6) is 2.64. The molecule has 2 heteroatoms. The highest BCUT2D eigenvalue weighted by molar-refractivity contribution is 5.97. The molecule has 2 aliphatic carbocycles. The van der Waals surface area contributed by atoms with Crippen molar-refractivity contribution in [3.63, 3.8) is 0 Å². The lowest BCUT2D eigenvalue weighted by Crippen LogP contribution is -2.29. The molecule has 4 unspecified atom stereocenters. The van der Waals surface area contributed by atoms with Crippen LogP contribution in [0.4, 0.5) is 0 Å². The Balaban J connectivity index is 1.60. The number of hydrogen-bond acceptors (Lipinski definition) is 1. The zero-order chi connectivity index (χ0) is 17.6. The van der Waals surface area contributed by atoms with Gasteiger partial charge in [-0.3, -0.25) is 0 Å². The molecule has 4 rings (SSSR count). The van der Waals surface area contributed by atoms with Gasteiger partial charge in [-0.15, -0.1) is 0 Å². The van der Waals surface area contributed by atoms with Crippen molar-refractivity contribution in [1.82, 2.24) is 0 Å². The monoisotopic (exact) mass is 336 g/mol. The average molecular weight is 336 g/mol. The molecular formula is C23H28O2. The Labute approximate surface area is 150 Å². The summed E-state index contributed by atoms with van der Waals surface area (Å²) in [4.78, 5) is 11.3. The summed E-state index contributed by atoms with van der Waals surface area (Å²) >= 11 is 0. The predicted molar refractivity (Wildman–Crippen MR) is 102 cm³/mol. The fourth-order valence-electron chi connectivity index (χ4n) is 5.42. The molecule has 0 heterocycles. The van der Waals surface area contributed by atoms with Crippen LogP contribution in [0.25, 0.3) is 10.8 Å². The van der Waals surface area contributed by atoms with Gasteiger partial charge in [-0.05, 0) is 90.7 Å². The van der Waals surface area contributed by atoms with Gasteiger partial charge in [-0.2, -0.15) is 0 Å². The number of hydrogen-bond donors (Lipinski definition) is 1. The van der Waals surface area contributed by atoms with E-state index in [1.807, 2.05) is 13.0 Å². The Kier molecular flexibility index (Phi) is 4.31. The predicted octanol–water partition coefficient (Wildman–Crippen LogP) is 6.17. The Morgan fingerprint density at radius 2 is 1.76 bits per heavy atom. The maximum atomic E-state index is 11.3. The fourth-order valence-corrected chi connectivity index (χ4v) is 5.42. The fraction of sp³-hybridized carbons (Fsp3) is 0.522. The average Bonchev–Trinajstić information content (AvgIpc) is 2.61. The van der Waals surface area contributed by atoms with Crippen LogP contribution in [-0.2, 0) is 0 Å². The van der Waals surface area contributed by atoms with Gasteiger partial charge in [-0.25, -0.2) is 4.79 Å². The highest BCUT2D eigenvalue weighted by Crippen LogP contribution is 2.47. The van der Waals surface area contributed by atoms with Gasteiger partial charge in [0, 0.05) is 0 Å². The molecule has 25 heavy (non-hydrogen) atoms. The Bertz CT molecular complexity index is 807. The summed E-state index contributed by atoms with van der Waals surface area (Å²) in [5.41, 5.74) is 2.74. The van der Waals surface area contributed by atoms with Crippen LogP contribution in [0.2, 0.25) is 0 Å². The van der Waals surface area contributed by atoms with E-state index in [-0.39, 0.29) is 0 Å². The normalized spacial score (nSPS) is 29.4. The van der Waals surface area contributed by atoms with Crippen molar-refractivity contribution in [1.29, 1.82) is 0 Å². The minimum Gasteiger partial charge on any atom is -0.478 e. The van der Waals surface area contributed by atoms with Crippen molar-refractivity contribution < 1.29 is 9.90 Å². The molecule has 0 amide bonds. The molecule has 0 bridgehead atoms. The topological polar surface area (TPSA) is 37.3 Å². The summed E-state index contributed by atoms with van der Waals surface area (Å²) < 4.78 is 0. The molecule has 2 nitrogen and oxygen atoms in total. The maximum Gasteiger partial charge on any atom is 0.335 e. The van der Waals surface area contributed by atoms with E-state index < -0.39 is 5.97 Å². The lowest BCUT2D eigenvalue weighted by Gasteiger charge is -2.41. The van der Waals surface area contributed by atoms with Crippen molar-refractivity contribution >= 4 is 16.7 Å². The quantitative estimate of drug-likeness (QED) is 0.712. The zero-order valence-corrected chi connectivity index (χ0v) is 15.3. The van der Waals surface area contributed by atoms with E-state index >= 15 is 0 Å². The highest BCUT2D eigenvalue weighted by Gasteiger charge is 2.34. The zero-order valence-electron chi connectivity index (χ0n) is 15.3. The van der Waals surface area contributed by atoms with Crippen LogP contribution in [0.3, 0.4) is 0 Å².